The number of fused-ring (bicyclic) bond motifs is 1. The molecule has 0 radical (unpaired) electrons. The average molecular weight is 407 g/mol. The van der Waals surface area contributed by atoms with Crippen molar-refractivity contribution in [3.8, 4) is 5.75 Å². The van der Waals surface area contributed by atoms with Crippen LogP contribution in [0.25, 0.3) is 0 Å². The summed E-state index contributed by atoms with van der Waals surface area (Å²) in [6.45, 7) is 13.5. The van der Waals surface area contributed by atoms with Crippen LogP contribution in [0.4, 0.5) is 0 Å². The highest BCUT2D eigenvalue weighted by Crippen LogP contribution is 2.45. The van der Waals surface area contributed by atoms with Gasteiger partial charge in [-0.15, -0.1) is 0 Å². The van der Waals surface area contributed by atoms with Crippen LogP contribution >= 0.6 is 0 Å². The summed E-state index contributed by atoms with van der Waals surface area (Å²) < 4.78 is 6.78. The van der Waals surface area contributed by atoms with Crippen LogP contribution in [0.3, 0.4) is 0 Å². The maximum Gasteiger partial charge on any atom is 0.206 e. The lowest BCUT2D eigenvalue weighted by Gasteiger charge is -2.41. The van der Waals surface area contributed by atoms with Crippen LogP contribution in [-0.4, -0.2) is 11.4 Å². The van der Waals surface area contributed by atoms with Gasteiger partial charge in [-0.2, -0.15) is 0 Å². The molecule has 0 fully saturated rings. The van der Waals surface area contributed by atoms with Gasteiger partial charge in [0.1, 0.15) is 5.75 Å². The molecule has 3 bridgehead atoms. The zero-order valence-electron chi connectivity index (χ0n) is 19.8. The molecule has 0 amide bonds. The smallest absolute Gasteiger partial charge is 0.206 e. The number of ketones is 1. The van der Waals surface area contributed by atoms with Gasteiger partial charge in [-0.1, -0.05) is 72.6 Å². The van der Waals surface area contributed by atoms with E-state index in [1.165, 1.54) is 41.5 Å². The molecule has 0 N–H and O–H groups in total. The van der Waals surface area contributed by atoms with E-state index in [9.17, 15) is 4.79 Å². The van der Waals surface area contributed by atoms with E-state index >= 15 is 0 Å². The Kier molecular flexibility index (Phi) is 5.27. The Morgan fingerprint density at radius 2 is 1.47 bits per heavy atom. The molecule has 1 unspecified atom stereocenters. The fourth-order valence-electron chi connectivity index (χ4n) is 4.99. The normalized spacial score (nSPS) is 24.8. The minimum Gasteiger partial charge on any atom is -0.474 e. The molecule has 3 aliphatic rings. The number of carbonyl (C=O) groups excluding carboxylic acids is 1. The van der Waals surface area contributed by atoms with Crippen molar-refractivity contribution in [2.24, 2.45) is 5.41 Å². The molecule has 2 aliphatic heterocycles. The largest absolute Gasteiger partial charge is 0.474 e. The van der Waals surface area contributed by atoms with Gasteiger partial charge in [0, 0.05) is 12.0 Å². The number of benzene rings is 1. The van der Waals surface area contributed by atoms with Crippen molar-refractivity contribution in [2.45, 2.75) is 104 Å². The molecule has 162 valence electrons. The van der Waals surface area contributed by atoms with Crippen LogP contribution in [0, 0.1) is 5.41 Å². The van der Waals surface area contributed by atoms with Gasteiger partial charge in [0.05, 0.1) is 0 Å². The first kappa shape index (κ1) is 21.4. The molecule has 1 aliphatic carbocycles. The lowest BCUT2D eigenvalue weighted by Crippen LogP contribution is -2.49. The van der Waals surface area contributed by atoms with Crippen LogP contribution in [0.15, 0.2) is 35.4 Å². The van der Waals surface area contributed by atoms with Crippen molar-refractivity contribution in [1.29, 1.82) is 0 Å². The summed E-state index contributed by atoms with van der Waals surface area (Å²) in [6, 6.07) is 4.68. The molecular weight excluding hydrogens is 368 g/mol. The van der Waals surface area contributed by atoms with E-state index in [4.69, 9.17) is 4.74 Å². The predicted octanol–water partition coefficient (Wildman–Crippen LogP) is 7.04. The monoisotopic (exact) mass is 406 g/mol. The number of rotatable bonds is 0. The second-order valence-electron chi connectivity index (χ2n) is 11.6. The molecule has 2 nitrogen and oxygen atoms in total. The quantitative estimate of drug-likeness (QED) is 0.462. The Bertz CT molecular complexity index is 917. The van der Waals surface area contributed by atoms with E-state index < -0.39 is 5.60 Å². The topological polar surface area (TPSA) is 26.3 Å². The van der Waals surface area contributed by atoms with E-state index in [-0.39, 0.29) is 16.6 Å². The summed E-state index contributed by atoms with van der Waals surface area (Å²) in [5.74, 6) is 1.20. The van der Waals surface area contributed by atoms with Crippen molar-refractivity contribution < 1.29 is 9.53 Å². The maximum atomic E-state index is 13.7. The third kappa shape index (κ3) is 3.90. The molecule has 0 aromatic heterocycles. The fraction of sp³-hybridized carbons (Fsp3) is 0.607. The van der Waals surface area contributed by atoms with E-state index in [1.807, 2.05) is 0 Å². The first-order chi connectivity index (χ1) is 14.0. The molecule has 1 spiro atoms. The first-order valence-corrected chi connectivity index (χ1v) is 11.8. The summed E-state index contributed by atoms with van der Waals surface area (Å²) >= 11 is 0. The van der Waals surface area contributed by atoms with Gasteiger partial charge >= 0.3 is 0 Å². The fourth-order valence-corrected chi connectivity index (χ4v) is 4.99. The molecular formula is C28H38O2. The third-order valence-electron chi connectivity index (χ3n) is 7.06. The second-order valence-corrected chi connectivity index (χ2v) is 11.6. The number of carbonyl (C=O) groups is 1. The summed E-state index contributed by atoms with van der Waals surface area (Å²) in [6.07, 6.45) is 12.6. The van der Waals surface area contributed by atoms with Crippen LogP contribution in [0.1, 0.15) is 96.8 Å². The minimum absolute atomic E-state index is 0.00141. The van der Waals surface area contributed by atoms with Crippen LogP contribution in [0.2, 0.25) is 0 Å². The highest BCUT2D eigenvalue weighted by atomic mass is 16.5. The Morgan fingerprint density at radius 3 is 2.10 bits per heavy atom. The average Bonchev–Trinajstić information content (AvgIpc) is 2.65. The number of aryl methyl sites for hydroxylation is 2. The van der Waals surface area contributed by atoms with Crippen LogP contribution in [0.5, 0.6) is 5.75 Å². The number of Topliss-reactive ketones (excluding diaryl/α,β-unsaturated/α-hetero) is 1. The Labute approximate surface area is 182 Å². The molecule has 4 rings (SSSR count). The van der Waals surface area contributed by atoms with Crippen LogP contribution < -0.4 is 4.74 Å². The van der Waals surface area contributed by atoms with E-state index in [0.717, 1.165) is 43.4 Å². The van der Waals surface area contributed by atoms with Gasteiger partial charge in [-0.25, -0.2) is 0 Å². The van der Waals surface area contributed by atoms with Crippen molar-refractivity contribution in [2.75, 3.05) is 0 Å². The summed E-state index contributed by atoms with van der Waals surface area (Å²) in [7, 11) is 0. The van der Waals surface area contributed by atoms with Gasteiger partial charge in [0.2, 0.25) is 5.78 Å². The molecule has 1 aromatic rings. The summed E-state index contributed by atoms with van der Waals surface area (Å²) in [5, 5.41) is 0. The standard InChI is InChI=1S/C28H38O2/c1-26(2,3)22-15-19-11-9-7-8-10-12-21-17-23(27(4,5)6)18-28(25(21)29)14-13-20(16-22)24(19)30-28/h15-18H,7-14H2,1-6H3. The van der Waals surface area contributed by atoms with Gasteiger partial charge in [-0.05, 0) is 71.3 Å². The van der Waals surface area contributed by atoms with Gasteiger partial charge < -0.3 is 4.74 Å². The van der Waals surface area contributed by atoms with Gasteiger partial charge in [0.25, 0.3) is 0 Å². The zero-order chi connectivity index (χ0) is 21.7. The number of hydrogen-bond donors (Lipinski definition) is 0. The van der Waals surface area contributed by atoms with Crippen LogP contribution in [-0.2, 0) is 23.1 Å². The van der Waals surface area contributed by atoms with E-state index in [0.29, 0.717) is 0 Å². The zero-order valence-corrected chi connectivity index (χ0v) is 19.8. The molecule has 1 aromatic carbocycles. The van der Waals surface area contributed by atoms with Gasteiger partial charge in [0.15, 0.2) is 5.60 Å². The lowest BCUT2D eigenvalue weighted by atomic mass is 9.72. The summed E-state index contributed by atoms with van der Waals surface area (Å²) in [5.41, 5.74) is 5.46. The first-order valence-electron chi connectivity index (χ1n) is 11.8. The Morgan fingerprint density at radius 1 is 0.833 bits per heavy atom. The Hall–Kier alpha value is -1.83. The molecule has 2 heterocycles. The number of ether oxygens (including phenoxy) is 1. The van der Waals surface area contributed by atoms with Crippen molar-refractivity contribution >= 4 is 5.78 Å². The van der Waals surface area contributed by atoms with Crippen molar-refractivity contribution in [3.63, 3.8) is 0 Å². The van der Waals surface area contributed by atoms with E-state index in [1.54, 1.807) is 0 Å². The molecule has 1 atom stereocenters. The Balaban J connectivity index is 1.87. The minimum atomic E-state index is -0.823. The number of hydrogen-bond acceptors (Lipinski definition) is 2. The van der Waals surface area contributed by atoms with Gasteiger partial charge in [-0.3, -0.25) is 4.79 Å². The predicted molar refractivity (Wildman–Crippen MR) is 124 cm³/mol. The highest BCUT2D eigenvalue weighted by Gasteiger charge is 2.46. The molecule has 0 saturated carbocycles. The lowest BCUT2D eigenvalue weighted by molar-refractivity contribution is -0.128. The highest BCUT2D eigenvalue weighted by molar-refractivity contribution is 6.05. The third-order valence-corrected chi connectivity index (χ3v) is 7.06. The molecule has 0 saturated heterocycles. The number of allylic oxidation sites excluding steroid dienone is 2. The van der Waals surface area contributed by atoms with E-state index in [2.05, 4.69) is 65.8 Å². The molecule has 30 heavy (non-hydrogen) atoms. The van der Waals surface area contributed by atoms with Crippen molar-refractivity contribution in [1.82, 2.24) is 0 Å². The summed E-state index contributed by atoms with van der Waals surface area (Å²) in [4.78, 5) is 13.7. The second kappa shape index (κ2) is 7.39. The SMILES string of the molecule is CC(C)(C)C1=CC23CCc4cc(C(C)(C)C)cc(c4O2)CCCCCCC(=C1)C3=O. The maximum absolute atomic E-state index is 13.7. The molecule has 2 heteroatoms. The van der Waals surface area contributed by atoms with Crippen molar-refractivity contribution in [3.05, 3.63) is 52.1 Å².